The Hall–Kier alpha value is -2.82. The van der Waals surface area contributed by atoms with E-state index in [9.17, 15) is 4.79 Å². The zero-order valence-electron chi connectivity index (χ0n) is 16.9. The van der Waals surface area contributed by atoms with Crippen molar-refractivity contribution >= 4 is 16.9 Å². The highest BCUT2D eigenvalue weighted by atomic mass is 16.5. The van der Waals surface area contributed by atoms with Gasteiger partial charge in [0.25, 0.3) is 0 Å². The lowest BCUT2D eigenvalue weighted by Crippen LogP contribution is -2.24. The third-order valence-corrected chi connectivity index (χ3v) is 4.78. The van der Waals surface area contributed by atoms with Crippen LogP contribution in [-0.4, -0.2) is 22.1 Å². The fourth-order valence-electron chi connectivity index (χ4n) is 3.21. The van der Waals surface area contributed by atoms with E-state index in [1.54, 1.807) is 0 Å². The summed E-state index contributed by atoms with van der Waals surface area (Å²) in [5.41, 5.74) is 3.29. The smallest absolute Gasteiger partial charge is 0.220 e. The van der Waals surface area contributed by atoms with Gasteiger partial charge in [-0.1, -0.05) is 45.0 Å². The van der Waals surface area contributed by atoms with Crippen molar-refractivity contribution in [3.63, 3.8) is 0 Å². The van der Waals surface area contributed by atoms with Crippen LogP contribution in [0.2, 0.25) is 0 Å². The molecule has 1 heterocycles. The normalized spacial score (nSPS) is 11.1. The van der Waals surface area contributed by atoms with Crippen molar-refractivity contribution in [2.45, 2.75) is 52.6 Å². The van der Waals surface area contributed by atoms with Crippen molar-refractivity contribution in [1.29, 1.82) is 0 Å². The molecule has 3 aromatic rings. The van der Waals surface area contributed by atoms with Crippen LogP contribution in [0, 0.1) is 0 Å². The molecule has 0 saturated heterocycles. The Kier molecular flexibility index (Phi) is 6.69. The third-order valence-electron chi connectivity index (χ3n) is 4.78. The van der Waals surface area contributed by atoms with Crippen LogP contribution < -0.4 is 10.1 Å². The van der Waals surface area contributed by atoms with E-state index in [2.05, 4.69) is 41.9 Å². The van der Waals surface area contributed by atoms with Gasteiger partial charge in [-0.3, -0.25) is 4.79 Å². The van der Waals surface area contributed by atoms with Gasteiger partial charge >= 0.3 is 0 Å². The first-order valence-electron chi connectivity index (χ1n) is 10.0. The summed E-state index contributed by atoms with van der Waals surface area (Å²) in [6.45, 7) is 8.00. The Morgan fingerprint density at radius 2 is 1.89 bits per heavy atom. The minimum atomic E-state index is 0.0580. The summed E-state index contributed by atoms with van der Waals surface area (Å²) < 4.78 is 8.08. The number of carbonyl (C=O) groups excluding carboxylic acids is 1. The molecule has 28 heavy (non-hydrogen) atoms. The number of hydrogen-bond donors (Lipinski definition) is 1. The fraction of sp³-hybridized carbons (Fsp3) is 0.391. The maximum atomic E-state index is 11.8. The van der Waals surface area contributed by atoms with Gasteiger partial charge in [0.15, 0.2) is 0 Å². The van der Waals surface area contributed by atoms with Gasteiger partial charge in [0.2, 0.25) is 5.91 Å². The minimum Gasteiger partial charge on any atom is -0.492 e. The molecule has 2 aromatic carbocycles. The second-order valence-corrected chi connectivity index (χ2v) is 7.27. The second kappa shape index (κ2) is 9.40. The van der Waals surface area contributed by atoms with E-state index in [1.165, 1.54) is 5.56 Å². The summed E-state index contributed by atoms with van der Waals surface area (Å²) in [5.74, 6) is 2.29. The summed E-state index contributed by atoms with van der Waals surface area (Å²) in [6.07, 6.45) is 1.38. The first-order valence-corrected chi connectivity index (χ1v) is 10.0. The Morgan fingerprint density at radius 3 is 2.61 bits per heavy atom. The van der Waals surface area contributed by atoms with Crippen LogP contribution in [0.5, 0.6) is 5.75 Å². The summed E-state index contributed by atoms with van der Waals surface area (Å²) in [7, 11) is 0. The Labute approximate surface area is 166 Å². The number of imidazole rings is 1. The average molecular weight is 380 g/mol. The number of amides is 1. The lowest BCUT2D eigenvalue weighted by Gasteiger charge is -2.12. The molecule has 1 aromatic heterocycles. The summed E-state index contributed by atoms with van der Waals surface area (Å²) in [5, 5.41) is 2.96. The van der Waals surface area contributed by atoms with E-state index < -0.39 is 0 Å². The lowest BCUT2D eigenvalue weighted by atomic mass is 10.0. The van der Waals surface area contributed by atoms with Crippen molar-refractivity contribution in [2.75, 3.05) is 6.61 Å². The van der Waals surface area contributed by atoms with Crippen LogP contribution in [0.3, 0.4) is 0 Å². The standard InChI is InChI=1S/C23H29N3O2/c1-4-7-23(27)24-16-22-25-20-8-5-6-9-21(20)26(22)14-15-28-19-12-10-18(11-13-19)17(2)3/h5-6,8-13,17H,4,7,14-16H2,1-3H3,(H,24,27). The topological polar surface area (TPSA) is 56.2 Å². The zero-order chi connectivity index (χ0) is 19.9. The van der Waals surface area contributed by atoms with Gasteiger partial charge in [-0.2, -0.15) is 0 Å². The summed E-state index contributed by atoms with van der Waals surface area (Å²) >= 11 is 0. The van der Waals surface area contributed by atoms with Crippen molar-refractivity contribution in [1.82, 2.24) is 14.9 Å². The van der Waals surface area contributed by atoms with Crippen LogP contribution in [0.4, 0.5) is 0 Å². The number of para-hydroxylation sites is 2. The molecule has 1 N–H and O–H groups in total. The van der Waals surface area contributed by atoms with Gasteiger partial charge in [-0.25, -0.2) is 4.98 Å². The number of carbonyl (C=O) groups is 1. The highest BCUT2D eigenvalue weighted by Crippen LogP contribution is 2.19. The van der Waals surface area contributed by atoms with Crippen LogP contribution in [0.15, 0.2) is 48.5 Å². The average Bonchev–Trinajstić information content (AvgIpc) is 3.05. The molecule has 0 radical (unpaired) electrons. The number of rotatable bonds is 9. The van der Waals surface area contributed by atoms with Gasteiger partial charge in [-0.15, -0.1) is 0 Å². The molecule has 0 aliphatic carbocycles. The molecule has 0 saturated carbocycles. The number of benzene rings is 2. The molecular formula is C23H29N3O2. The number of fused-ring (bicyclic) bond motifs is 1. The number of nitrogens with zero attached hydrogens (tertiary/aromatic N) is 2. The van der Waals surface area contributed by atoms with Crippen LogP contribution >= 0.6 is 0 Å². The fourth-order valence-corrected chi connectivity index (χ4v) is 3.21. The maximum absolute atomic E-state index is 11.8. The van der Waals surface area contributed by atoms with Gasteiger partial charge in [0, 0.05) is 6.42 Å². The quantitative estimate of drug-likeness (QED) is 0.588. The van der Waals surface area contributed by atoms with E-state index in [0.717, 1.165) is 29.0 Å². The molecule has 0 aliphatic heterocycles. The molecule has 0 atom stereocenters. The van der Waals surface area contributed by atoms with Crippen molar-refractivity contribution in [3.05, 3.63) is 59.9 Å². The molecule has 0 fully saturated rings. The van der Waals surface area contributed by atoms with Gasteiger partial charge in [-0.05, 0) is 42.2 Å². The van der Waals surface area contributed by atoms with Crippen LogP contribution in [0.1, 0.15) is 50.9 Å². The SMILES string of the molecule is CCCC(=O)NCc1nc2ccccc2n1CCOc1ccc(C(C)C)cc1. The van der Waals surface area contributed by atoms with Gasteiger partial charge < -0.3 is 14.6 Å². The van der Waals surface area contributed by atoms with Crippen molar-refractivity contribution in [2.24, 2.45) is 0 Å². The molecule has 0 aliphatic rings. The molecule has 5 nitrogen and oxygen atoms in total. The number of aromatic nitrogens is 2. The first-order chi connectivity index (χ1) is 13.6. The summed E-state index contributed by atoms with van der Waals surface area (Å²) in [4.78, 5) is 16.5. The van der Waals surface area contributed by atoms with E-state index in [1.807, 2.05) is 37.3 Å². The molecule has 1 amide bonds. The van der Waals surface area contributed by atoms with Crippen molar-refractivity contribution in [3.8, 4) is 5.75 Å². The lowest BCUT2D eigenvalue weighted by molar-refractivity contribution is -0.121. The highest BCUT2D eigenvalue weighted by molar-refractivity contribution is 5.77. The predicted octanol–water partition coefficient (Wildman–Crippen LogP) is 4.66. The molecule has 5 heteroatoms. The number of ether oxygens (including phenoxy) is 1. The number of hydrogen-bond acceptors (Lipinski definition) is 3. The Balaban J connectivity index is 1.68. The molecular weight excluding hydrogens is 350 g/mol. The monoisotopic (exact) mass is 379 g/mol. The maximum Gasteiger partial charge on any atom is 0.220 e. The van der Waals surface area contributed by atoms with Gasteiger partial charge in [0.1, 0.15) is 18.2 Å². The van der Waals surface area contributed by atoms with E-state index in [4.69, 9.17) is 9.72 Å². The van der Waals surface area contributed by atoms with E-state index in [0.29, 0.717) is 32.0 Å². The minimum absolute atomic E-state index is 0.0580. The second-order valence-electron chi connectivity index (χ2n) is 7.27. The Bertz CT molecular complexity index is 913. The third kappa shape index (κ3) is 4.91. The highest BCUT2D eigenvalue weighted by Gasteiger charge is 2.11. The molecule has 0 unspecified atom stereocenters. The van der Waals surface area contributed by atoms with Crippen molar-refractivity contribution < 1.29 is 9.53 Å². The summed E-state index contributed by atoms with van der Waals surface area (Å²) in [6, 6.07) is 16.3. The predicted molar refractivity (Wildman–Crippen MR) is 113 cm³/mol. The largest absolute Gasteiger partial charge is 0.492 e. The first kappa shape index (κ1) is 19.9. The van der Waals surface area contributed by atoms with E-state index >= 15 is 0 Å². The molecule has 0 bridgehead atoms. The Morgan fingerprint density at radius 1 is 1.14 bits per heavy atom. The number of nitrogens with one attached hydrogen (secondary N) is 1. The molecule has 3 rings (SSSR count). The molecule has 0 spiro atoms. The van der Waals surface area contributed by atoms with E-state index in [-0.39, 0.29) is 5.91 Å². The molecule has 148 valence electrons. The van der Waals surface area contributed by atoms with Crippen LogP contribution in [0.25, 0.3) is 11.0 Å². The van der Waals surface area contributed by atoms with Crippen LogP contribution in [-0.2, 0) is 17.9 Å². The zero-order valence-corrected chi connectivity index (χ0v) is 16.9. The van der Waals surface area contributed by atoms with Gasteiger partial charge in [0.05, 0.1) is 24.1 Å².